The predicted molar refractivity (Wildman–Crippen MR) is 98.4 cm³/mol. The lowest BCUT2D eigenvalue weighted by Gasteiger charge is -2.22. The molecule has 0 N–H and O–H groups in total. The summed E-state index contributed by atoms with van der Waals surface area (Å²) in [4.78, 5) is 0. The van der Waals surface area contributed by atoms with Gasteiger partial charge in [-0.2, -0.15) is 0 Å². The first-order chi connectivity index (χ1) is 12.2. The molecule has 1 saturated carbocycles. The number of aryl methyl sites for hydroxylation is 2. The summed E-state index contributed by atoms with van der Waals surface area (Å²) in [6.07, 6.45) is 13.3. The van der Waals surface area contributed by atoms with Crippen LogP contribution in [-0.4, -0.2) is 6.61 Å². The van der Waals surface area contributed by atoms with Gasteiger partial charge in [-0.05, 0) is 48.8 Å². The van der Waals surface area contributed by atoms with E-state index in [-0.39, 0.29) is 0 Å². The Balaban J connectivity index is 1.70. The van der Waals surface area contributed by atoms with Crippen molar-refractivity contribution in [1.29, 1.82) is 0 Å². The zero-order chi connectivity index (χ0) is 17.6. The van der Waals surface area contributed by atoms with Crippen LogP contribution in [0.5, 0.6) is 0 Å². The molecule has 0 atom stereocenters. The number of ether oxygens (including phenoxy) is 1. The molecule has 0 heterocycles. The van der Waals surface area contributed by atoms with Gasteiger partial charge in [0.2, 0.25) is 0 Å². The van der Waals surface area contributed by atoms with Crippen LogP contribution in [0, 0.1) is 17.6 Å². The molecule has 0 spiro atoms. The Labute approximate surface area is 150 Å². The van der Waals surface area contributed by atoms with Crippen LogP contribution < -0.4 is 0 Å². The van der Waals surface area contributed by atoms with Gasteiger partial charge in [0.1, 0.15) is 0 Å². The molecular weight excluding hydrogens is 318 g/mol. The number of hydrogen-bond donors (Lipinski definition) is 0. The Kier molecular flexibility index (Phi) is 6.50. The maximum atomic E-state index is 14.6. The summed E-state index contributed by atoms with van der Waals surface area (Å²) in [7, 11) is 0. The molecule has 0 radical (unpaired) electrons. The molecule has 1 fully saturated rings. The van der Waals surface area contributed by atoms with Gasteiger partial charge in [0.15, 0.2) is 11.6 Å². The van der Waals surface area contributed by atoms with Crippen molar-refractivity contribution in [2.75, 3.05) is 6.61 Å². The lowest BCUT2D eigenvalue weighted by atomic mass is 9.84. The Hall–Kier alpha value is -1.38. The van der Waals surface area contributed by atoms with Gasteiger partial charge in [0.25, 0.3) is 0 Å². The van der Waals surface area contributed by atoms with E-state index in [2.05, 4.69) is 6.92 Å². The fourth-order valence-corrected chi connectivity index (χ4v) is 4.08. The van der Waals surface area contributed by atoms with Crippen LogP contribution in [0.4, 0.5) is 8.78 Å². The summed E-state index contributed by atoms with van der Waals surface area (Å²) < 4.78 is 34.8. The Morgan fingerprint density at radius 1 is 1.08 bits per heavy atom. The molecular formula is C22H30F2O. The topological polar surface area (TPSA) is 9.23 Å². The number of allylic oxidation sites excluding steroid dienone is 1. The van der Waals surface area contributed by atoms with Crippen molar-refractivity contribution in [3.8, 4) is 0 Å². The highest BCUT2D eigenvalue weighted by Crippen LogP contribution is 2.32. The van der Waals surface area contributed by atoms with Crippen molar-refractivity contribution in [3.63, 3.8) is 0 Å². The second-order valence-electron chi connectivity index (χ2n) is 7.59. The molecule has 1 nitrogen and oxygen atoms in total. The van der Waals surface area contributed by atoms with Crippen molar-refractivity contribution in [2.24, 2.45) is 5.92 Å². The van der Waals surface area contributed by atoms with Crippen LogP contribution >= 0.6 is 0 Å². The van der Waals surface area contributed by atoms with Crippen LogP contribution in [0.3, 0.4) is 0 Å². The van der Waals surface area contributed by atoms with Crippen molar-refractivity contribution in [3.05, 3.63) is 40.2 Å². The van der Waals surface area contributed by atoms with Crippen LogP contribution in [0.15, 0.2) is 11.8 Å². The maximum absolute atomic E-state index is 14.6. The van der Waals surface area contributed by atoms with E-state index in [0.29, 0.717) is 30.1 Å². The number of benzene rings is 1. The SMILES string of the molecule is CCCCOC1=Cc2c(cc(CCC3CCCCC3)c(F)c2F)CC1. The highest BCUT2D eigenvalue weighted by molar-refractivity contribution is 5.60. The highest BCUT2D eigenvalue weighted by atomic mass is 19.2. The first kappa shape index (κ1) is 18.4. The molecule has 2 aliphatic rings. The van der Waals surface area contributed by atoms with E-state index in [4.69, 9.17) is 4.74 Å². The minimum Gasteiger partial charge on any atom is -0.498 e. The number of rotatable bonds is 7. The van der Waals surface area contributed by atoms with E-state index in [1.807, 2.05) is 6.07 Å². The van der Waals surface area contributed by atoms with Crippen LogP contribution in [0.1, 0.15) is 81.4 Å². The average Bonchev–Trinajstić information content (AvgIpc) is 2.65. The van der Waals surface area contributed by atoms with Gasteiger partial charge >= 0.3 is 0 Å². The van der Waals surface area contributed by atoms with Crippen molar-refractivity contribution < 1.29 is 13.5 Å². The van der Waals surface area contributed by atoms with E-state index in [9.17, 15) is 8.78 Å². The molecule has 138 valence electrons. The fraction of sp³-hybridized carbons (Fsp3) is 0.636. The Morgan fingerprint density at radius 3 is 2.64 bits per heavy atom. The minimum atomic E-state index is -0.688. The summed E-state index contributed by atoms with van der Waals surface area (Å²) in [5.41, 5.74) is 1.89. The van der Waals surface area contributed by atoms with E-state index in [1.54, 1.807) is 6.08 Å². The molecule has 0 saturated heterocycles. The van der Waals surface area contributed by atoms with Gasteiger partial charge in [0.05, 0.1) is 12.4 Å². The maximum Gasteiger partial charge on any atom is 0.166 e. The second-order valence-corrected chi connectivity index (χ2v) is 7.59. The number of hydrogen-bond acceptors (Lipinski definition) is 1. The van der Waals surface area contributed by atoms with Crippen LogP contribution in [0.2, 0.25) is 0 Å². The van der Waals surface area contributed by atoms with E-state index in [0.717, 1.165) is 43.4 Å². The van der Waals surface area contributed by atoms with Crippen molar-refractivity contribution in [1.82, 2.24) is 0 Å². The number of unbranched alkanes of at least 4 members (excludes halogenated alkanes) is 1. The molecule has 0 bridgehead atoms. The Morgan fingerprint density at radius 2 is 1.88 bits per heavy atom. The molecule has 0 aromatic heterocycles. The summed E-state index contributed by atoms with van der Waals surface area (Å²) in [6.45, 7) is 2.76. The van der Waals surface area contributed by atoms with Gasteiger partial charge in [-0.3, -0.25) is 0 Å². The lowest BCUT2D eigenvalue weighted by Crippen LogP contribution is -2.11. The first-order valence-electron chi connectivity index (χ1n) is 10.0. The summed E-state index contributed by atoms with van der Waals surface area (Å²) >= 11 is 0. The third-order valence-electron chi connectivity index (χ3n) is 5.68. The minimum absolute atomic E-state index is 0.400. The van der Waals surface area contributed by atoms with Gasteiger partial charge in [-0.25, -0.2) is 8.78 Å². The summed E-state index contributed by atoms with van der Waals surface area (Å²) in [5.74, 6) is 0.132. The molecule has 2 aliphatic carbocycles. The van der Waals surface area contributed by atoms with Crippen LogP contribution in [0.25, 0.3) is 6.08 Å². The molecule has 3 rings (SSSR count). The normalized spacial score (nSPS) is 18.0. The fourth-order valence-electron chi connectivity index (χ4n) is 4.08. The van der Waals surface area contributed by atoms with Gasteiger partial charge in [0, 0.05) is 12.0 Å². The molecule has 3 heteroatoms. The third-order valence-corrected chi connectivity index (χ3v) is 5.68. The van der Waals surface area contributed by atoms with Crippen molar-refractivity contribution in [2.45, 2.75) is 77.6 Å². The molecule has 25 heavy (non-hydrogen) atoms. The molecule has 1 aromatic carbocycles. The zero-order valence-electron chi connectivity index (χ0n) is 15.4. The van der Waals surface area contributed by atoms with Gasteiger partial charge < -0.3 is 4.74 Å². The predicted octanol–water partition coefficient (Wildman–Crippen LogP) is 6.58. The molecule has 1 aromatic rings. The largest absolute Gasteiger partial charge is 0.498 e. The Bertz CT molecular complexity index is 615. The highest BCUT2D eigenvalue weighted by Gasteiger charge is 2.22. The van der Waals surface area contributed by atoms with E-state index >= 15 is 0 Å². The lowest BCUT2D eigenvalue weighted by molar-refractivity contribution is 0.200. The second kappa shape index (κ2) is 8.82. The number of halogens is 2. The smallest absolute Gasteiger partial charge is 0.166 e. The third kappa shape index (κ3) is 4.62. The average molecular weight is 348 g/mol. The first-order valence-corrected chi connectivity index (χ1v) is 10.0. The summed E-state index contributed by atoms with van der Waals surface area (Å²) in [5, 5.41) is 0. The van der Waals surface area contributed by atoms with Crippen LogP contribution in [-0.2, 0) is 17.6 Å². The number of fused-ring (bicyclic) bond motifs is 1. The van der Waals surface area contributed by atoms with Gasteiger partial charge in [-0.15, -0.1) is 0 Å². The standard InChI is InChI=1S/C22H30F2O/c1-2-3-13-25-19-12-11-17-14-18(21(23)22(24)20(17)15-19)10-9-16-7-5-4-6-8-16/h14-16H,2-13H2,1H3. The molecule has 0 aliphatic heterocycles. The quantitative estimate of drug-likeness (QED) is 0.506. The molecule has 0 unspecified atom stereocenters. The molecule has 0 amide bonds. The van der Waals surface area contributed by atoms with E-state index < -0.39 is 11.6 Å². The van der Waals surface area contributed by atoms with Crippen molar-refractivity contribution >= 4 is 6.08 Å². The monoisotopic (exact) mass is 348 g/mol. The van der Waals surface area contributed by atoms with E-state index in [1.165, 1.54) is 32.1 Å². The summed E-state index contributed by atoms with van der Waals surface area (Å²) in [6, 6.07) is 1.90. The zero-order valence-corrected chi connectivity index (χ0v) is 15.4. The van der Waals surface area contributed by atoms with Gasteiger partial charge in [-0.1, -0.05) is 51.5 Å².